The molecule has 1 aliphatic heterocycles. The van der Waals surface area contributed by atoms with Crippen LogP contribution < -0.4 is 0 Å². The van der Waals surface area contributed by atoms with Gasteiger partial charge in [-0.2, -0.15) is 5.26 Å². The SMILES string of the molecule is CC.N#Cc1cc(F)cc(C2CCn3cc(-c4ccccn4)nc3C2)c1. The van der Waals surface area contributed by atoms with Gasteiger partial charge in [-0.25, -0.2) is 9.37 Å². The van der Waals surface area contributed by atoms with Gasteiger partial charge in [-0.05, 0) is 48.2 Å². The number of benzene rings is 1. The maximum atomic E-state index is 13.7. The second-order valence-corrected chi connectivity index (χ2v) is 6.03. The molecular formula is C21H21FN4. The Morgan fingerprint density at radius 2 is 2.04 bits per heavy atom. The first-order chi connectivity index (χ1) is 12.7. The fraction of sp³-hybridized carbons (Fsp3) is 0.286. The number of aromatic nitrogens is 3. The van der Waals surface area contributed by atoms with E-state index in [4.69, 9.17) is 10.2 Å². The predicted molar refractivity (Wildman–Crippen MR) is 99.0 cm³/mol. The van der Waals surface area contributed by atoms with Crippen molar-refractivity contribution < 1.29 is 4.39 Å². The van der Waals surface area contributed by atoms with E-state index in [9.17, 15) is 4.39 Å². The molecule has 0 saturated heterocycles. The summed E-state index contributed by atoms with van der Waals surface area (Å²) in [6.45, 7) is 4.83. The van der Waals surface area contributed by atoms with Crippen molar-refractivity contribution in [1.82, 2.24) is 14.5 Å². The van der Waals surface area contributed by atoms with Gasteiger partial charge in [0.15, 0.2) is 0 Å². The predicted octanol–water partition coefficient (Wildman–Crippen LogP) is 4.71. The molecule has 5 heteroatoms. The first-order valence-corrected chi connectivity index (χ1v) is 8.91. The van der Waals surface area contributed by atoms with Crippen LogP contribution in [0, 0.1) is 17.1 Å². The molecule has 4 rings (SSSR count). The molecule has 0 fully saturated rings. The van der Waals surface area contributed by atoms with E-state index in [1.807, 2.05) is 44.3 Å². The van der Waals surface area contributed by atoms with Crippen LogP contribution in [0.15, 0.2) is 48.8 Å². The first kappa shape index (κ1) is 17.8. The summed E-state index contributed by atoms with van der Waals surface area (Å²) in [4.78, 5) is 9.05. The highest BCUT2D eigenvalue weighted by molar-refractivity contribution is 5.53. The molecule has 1 atom stereocenters. The number of aryl methyl sites for hydroxylation is 1. The van der Waals surface area contributed by atoms with Gasteiger partial charge in [0, 0.05) is 25.4 Å². The number of nitrogens with zero attached hydrogens (tertiary/aromatic N) is 4. The molecule has 2 aromatic heterocycles. The van der Waals surface area contributed by atoms with Crippen LogP contribution in [0.1, 0.15) is 43.1 Å². The third kappa shape index (κ3) is 3.65. The zero-order valence-corrected chi connectivity index (χ0v) is 15.0. The highest BCUT2D eigenvalue weighted by atomic mass is 19.1. The average Bonchev–Trinajstić information content (AvgIpc) is 3.13. The van der Waals surface area contributed by atoms with Crippen LogP contribution >= 0.6 is 0 Å². The van der Waals surface area contributed by atoms with Crippen LogP contribution in [0.25, 0.3) is 11.4 Å². The van der Waals surface area contributed by atoms with Crippen LogP contribution in [0.3, 0.4) is 0 Å². The fourth-order valence-corrected chi connectivity index (χ4v) is 3.26. The van der Waals surface area contributed by atoms with E-state index in [0.717, 1.165) is 42.2 Å². The number of hydrogen-bond acceptors (Lipinski definition) is 3. The van der Waals surface area contributed by atoms with E-state index in [1.165, 1.54) is 12.1 Å². The number of rotatable bonds is 2. The smallest absolute Gasteiger partial charge is 0.124 e. The highest BCUT2D eigenvalue weighted by Gasteiger charge is 2.23. The summed E-state index contributed by atoms with van der Waals surface area (Å²) in [7, 11) is 0. The molecule has 0 radical (unpaired) electrons. The van der Waals surface area contributed by atoms with Crippen LogP contribution in [0.2, 0.25) is 0 Å². The second-order valence-electron chi connectivity index (χ2n) is 6.03. The van der Waals surface area contributed by atoms with Gasteiger partial charge in [0.25, 0.3) is 0 Å². The van der Waals surface area contributed by atoms with Crippen molar-refractivity contribution in [3.63, 3.8) is 0 Å². The van der Waals surface area contributed by atoms with E-state index in [0.29, 0.717) is 5.56 Å². The average molecular weight is 348 g/mol. The fourth-order valence-electron chi connectivity index (χ4n) is 3.26. The molecule has 3 aromatic rings. The number of fused-ring (bicyclic) bond motifs is 1. The molecule has 1 aliphatic rings. The van der Waals surface area contributed by atoms with E-state index >= 15 is 0 Å². The Balaban J connectivity index is 0.000000948. The van der Waals surface area contributed by atoms with Gasteiger partial charge >= 0.3 is 0 Å². The molecule has 132 valence electrons. The van der Waals surface area contributed by atoms with Gasteiger partial charge in [0.2, 0.25) is 0 Å². The summed E-state index contributed by atoms with van der Waals surface area (Å²) in [5.41, 5.74) is 2.96. The second kappa shape index (κ2) is 7.92. The lowest BCUT2D eigenvalue weighted by Crippen LogP contribution is -2.18. The molecule has 0 amide bonds. The van der Waals surface area contributed by atoms with E-state index in [2.05, 4.69) is 9.55 Å². The lowest BCUT2D eigenvalue weighted by molar-refractivity contribution is 0.464. The summed E-state index contributed by atoms with van der Waals surface area (Å²) in [6, 6.07) is 12.4. The zero-order chi connectivity index (χ0) is 18.5. The Hall–Kier alpha value is -3.00. The molecule has 0 aliphatic carbocycles. The minimum Gasteiger partial charge on any atom is -0.334 e. The molecule has 0 bridgehead atoms. The maximum Gasteiger partial charge on any atom is 0.124 e. The lowest BCUT2D eigenvalue weighted by atomic mass is 9.89. The van der Waals surface area contributed by atoms with Gasteiger partial charge in [-0.15, -0.1) is 0 Å². The Bertz CT molecular complexity index is 925. The van der Waals surface area contributed by atoms with Crippen molar-refractivity contribution in [2.24, 2.45) is 0 Å². The van der Waals surface area contributed by atoms with Gasteiger partial charge < -0.3 is 4.57 Å². The number of hydrogen-bond donors (Lipinski definition) is 0. The summed E-state index contributed by atoms with van der Waals surface area (Å²) < 4.78 is 15.9. The topological polar surface area (TPSA) is 54.5 Å². The number of nitriles is 1. The minimum atomic E-state index is -0.355. The standard InChI is InChI=1S/C19H15FN4.C2H6/c20-16-8-13(11-21)7-15(9-16)14-4-6-24-12-18(23-19(24)10-14)17-3-1-2-5-22-17;1-2/h1-3,5,7-9,12,14H,4,6,10H2;1-2H3. The van der Waals surface area contributed by atoms with Gasteiger partial charge in [0.1, 0.15) is 17.3 Å². The lowest BCUT2D eigenvalue weighted by Gasteiger charge is -2.23. The van der Waals surface area contributed by atoms with E-state index in [1.54, 1.807) is 12.3 Å². The van der Waals surface area contributed by atoms with Crippen molar-refractivity contribution in [3.05, 3.63) is 71.6 Å². The molecular weight excluding hydrogens is 327 g/mol. The van der Waals surface area contributed by atoms with Gasteiger partial charge in [-0.1, -0.05) is 19.9 Å². The zero-order valence-electron chi connectivity index (χ0n) is 15.0. The third-order valence-electron chi connectivity index (χ3n) is 4.45. The van der Waals surface area contributed by atoms with Crippen molar-refractivity contribution in [3.8, 4) is 17.5 Å². The number of halogens is 1. The third-order valence-corrected chi connectivity index (χ3v) is 4.45. The Morgan fingerprint density at radius 1 is 1.19 bits per heavy atom. The summed E-state index contributed by atoms with van der Waals surface area (Å²) in [6.07, 6.45) is 5.42. The van der Waals surface area contributed by atoms with Crippen LogP contribution in [-0.4, -0.2) is 14.5 Å². The summed E-state index contributed by atoms with van der Waals surface area (Å²) in [5, 5.41) is 9.03. The quantitative estimate of drug-likeness (QED) is 0.674. The first-order valence-electron chi connectivity index (χ1n) is 8.91. The molecule has 3 heterocycles. The maximum absolute atomic E-state index is 13.7. The largest absolute Gasteiger partial charge is 0.334 e. The molecule has 0 spiro atoms. The van der Waals surface area contributed by atoms with Crippen molar-refractivity contribution in [1.29, 1.82) is 5.26 Å². The molecule has 1 unspecified atom stereocenters. The van der Waals surface area contributed by atoms with E-state index < -0.39 is 0 Å². The van der Waals surface area contributed by atoms with Crippen molar-refractivity contribution >= 4 is 0 Å². The minimum absolute atomic E-state index is 0.180. The normalized spacial score (nSPS) is 15.4. The van der Waals surface area contributed by atoms with Crippen LogP contribution in [0.4, 0.5) is 4.39 Å². The highest BCUT2D eigenvalue weighted by Crippen LogP contribution is 2.31. The summed E-state index contributed by atoms with van der Waals surface area (Å²) >= 11 is 0. The molecule has 4 nitrogen and oxygen atoms in total. The molecule has 26 heavy (non-hydrogen) atoms. The number of pyridine rings is 1. The Morgan fingerprint density at radius 3 is 2.77 bits per heavy atom. The van der Waals surface area contributed by atoms with Crippen molar-refractivity contribution in [2.45, 2.75) is 39.2 Å². The summed E-state index contributed by atoms with van der Waals surface area (Å²) in [5.74, 6) is 0.807. The monoisotopic (exact) mass is 348 g/mol. The molecule has 0 saturated carbocycles. The van der Waals surface area contributed by atoms with Crippen molar-refractivity contribution in [2.75, 3.05) is 0 Å². The Labute approximate surface area is 153 Å². The van der Waals surface area contributed by atoms with Crippen LogP contribution in [0.5, 0.6) is 0 Å². The Kier molecular flexibility index (Phi) is 5.43. The van der Waals surface area contributed by atoms with Gasteiger partial charge in [-0.3, -0.25) is 4.98 Å². The number of imidazole rings is 1. The molecule has 1 aromatic carbocycles. The van der Waals surface area contributed by atoms with E-state index in [-0.39, 0.29) is 11.7 Å². The van der Waals surface area contributed by atoms with Gasteiger partial charge in [0.05, 0.1) is 17.3 Å². The van der Waals surface area contributed by atoms with Crippen LogP contribution in [-0.2, 0) is 13.0 Å². The molecule has 0 N–H and O–H groups in total.